The van der Waals surface area contributed by atoms with E-state index in [-0.39, 0.29) is 11.3 Å². The van der Waals surface area contributed by atoms with Gasteiger partial charge in [0.15, 0.2) is 5.75 Å². The van der Waals surface area contributed by atoms with Crippen molar-refractivity contribution in [2.24, 2.45) is 0 Å². The zero-order chi connectivity index (χ0) is 17.2. The van der Waals surface area contributed by atoms with Crippen LogP contribution in [0.4, 0.5) is 0 Å². The zero-order valence-corrected chi connectivity index (χ0v) is 13.2. The van der Waals surface area contributed by atoms with Gasteiger partial charge in [0.2, 0.25) is 0 Å². The summed E-state index contributed by atoms with van der Waals surface area (Å²) in [6, 6.07) is 19.5. The van der Waals surface area contributed by atoms with E-state index in [0.717, 1.165) is 5.39 Å². The maximum absolute atomic E-state index is 12.5. The molecule has 1 unspecified atom stereocenters. The standard InChI is InChI=1S/C17H13NO5S/c19-18(20)17(14-8-2-1-3-9-14)24(21,22)23-16-12-6-10-13-7-4-5-11-15(13)16/h1-12,17H. The van der Waals surface area contributed by atoms with Crippen molar-refractivity contribution < 1.29 is 17.5 Å². The predicted molar refractivity (Wildman–Crippen MR) is 89.7 cm³/mol. The Morgan fingerprint density at radius 1 is 0.875 bits per heavy atom. The van der Waals surface area contributed by atoms with Gasteiger partial charge in [-0.05, 0) is 11.5 Å². The van der Waals surface area contributed by atoms with Crippen molar-refractivity contribution in [2.45, 2.75) is 5.37 Å². The topological polar surface area (TPSA) is 86.5 Å². The van der Waals surface area contributed by atoms with Crippen LogP contribution in [-0.2, 0) is 10.1 Å². The summed E-state index contributed by atoms with van der Waals surface area (Å²) >= 11 is 0. The highest BCUT2D eigenvalue weighted by molar-refractivity contribution is 7.87. The smallest absolute Gasteiger partial charge is 0.377 e. The highest BCUT2D eigenvalue weighted by Crippen LogP contribution is 2.31. The molecule has 3 rings (SSSR count). The summed E-state index contributed by atoms with van der Waals surface area (Å²) in [6.07, 6.45) is 0. The minimum absolute atomic E-state index is 0.0442. The summed E-state index contributed by atoms with van der Waals surface area (Å²) in [6.45, 7) is 0. The van der Waals surface area contributed by atoms with Crippen LogP contribution in [0.2, 0.25) is 0 Å². The van der Waals surface area contributed by atoms with Gasteiger partial charge in [0, 0.05) is 15.9 Å². The Balaban J connectivity index is 2.05. The normalized spacial score (nSPS) is 12.7. The average molecular weight is 343 g/mol. The quantitative estimate of drug-likeness (QED) is 0.402. The number of hydrogen-bond donors (Lipinski definition) is 0. The van der Waals surface area contributed by atoms with Crippen LogP contribution in [0.3, 0.4) is 0 Å². The summed E-state index contributed by atoms with van der Waals surface area (Å²) in [5.41, 5.74) is 0.0442. The number of benzene rings is 3. The lowest BCUT2D eigenvalue weighted by molar-refractivity contribution is -0.503. The van der Waals surface area contributed by atoms with Crippen LogP contribution in [0, 0.1) is 10.1 Å². The van der Waals surface area contributed by atoms with E-state index < -0.39 is 20.4 Å². The summed E-state index contributed by atoms with van der Waals surface area (Å²) in [4.78, 5) is 10.5. The molecule has 122 valence electrons. The summed E-state index contributed by atoms with van der Waals surface area (Å²) < 4.78 is 30.2. The SMILES string of the molecule is O=[N+]([O-])C(c1ccccc1)S(=O)(=O)Oc1cccc2ccccc12. The molecule has 0 bridgehead atoms. The lowest BCUT2D eigenvalue weighted by Crippen LogP contribution is -2.25. The van der Waals surface area contributed by atoms with Crippen LogP contribution >= 0.6 is 0 Å². The molecule has 0 N–H and O–H groups in total. The number of hydrogen-bond acceptors (Lipinski definition) is 5. The van der Waals surface area contributed by atoms with E-state index in [1.807, 2.05) is 6.07 Å². The van der Waals surface area contributed by atoms with E-state index in [1.54, 1.807) is 48.5 Å². The molecule has 0 aliphatic heterocycles. The molecule has 6 nitrogen and oxygen atoms in total. The third kappa shape index (κ3) is 3.07. The van der Waals surface area contributed by atoms with Gasteiger partial charge in [-0.1, -0.05) is 66.7 Å². The van der Waals surface area contributed by atoms with E-state index in [0.29, 0.717) is 5.39 Å². The molecule has 0 aliphatic rings. The van der Waals surface area contributed by atoms with Gasteiger partial charge in [0.25, 0.3) is 0 Å². The predicted octanol–water partition coefficient (Wildman–Crippen LogP) is 3.52. The first-order chi connectivity index (χ1) is 11.5. The molecule has 1 atom stereocenters. The highest BCUT2D eigenvalue weighted by Gasteiger charge is 2.40. The molecule has 3 aromatic rings. The molecule has 0 spiro atoms. The molecular weight excluding hydrogens is 330 g/mol. The molecule has 0 aromatic heterocycles. The van der Waals surface area contributed by atoms with Crippen LogP contribution in [0.15, 0.2) is 72.8 Å². The van der Waals surface area contributed by atoms with E-state index in [4.69, 9.17) is 4.18 Å². The maximum atomic E-state index is 12.5. The first kappa shape index (κ1) is 15.9. The molecule has 0 radical (unpaired) electrons. The molecule has 0 saturated carbocycles. The third-order valence-electron chi connectivity index (χ3n) is 3.51. The van der Waals surface area contributed by atoms with Gasteiger partial charge in [0.1, 0.15) is 0 Å². The summed E-state index contributed by atoms with van der Waals surface area (Å²) in [5.74, 6) is 0.0656. The van der Waals surface area contributed by atoms with Crippen LogP contribution in [0.5, 0.6) is 5.75 Å². The van der Waals surface area contributed by atoms with Crippen molar-refractivity contribution in [3.05, 3.63) is 88.5 Å². The summed E-state index contributed by atoms with van der Waals surface area (Å²) in [5, 5.41) is 10.7. The van der Waals surface area contributed by atoms with E-state index in [1.165, 1.54) is 18.2 Å². The van der Waals surface area contributed by atoms with Gasteiger partial charge >= 0.3 is 15.5 Å². The zero-order valence-electron chi connectivity index (χ0n) is 12.4. The third-order valence-corrected chi connectivity index (χ3v) is 4.91. The van der Waals surface area contributed by atoms with Gasteiger partial charge < -0.3 is 4.18 Å². The lowest BCUT2D eigenvalue weighted by atomic mass is 10.1. The van der Waals surface area contributed by atoms with Crippen molar-refractivity contribution in [2.75, 3.05) is 0 Å². The summed E-state index contributed by atoms with van der Waals surface area (Å²) in [7, 11) is -4.52. The average Bonchev–Trinajstić information content (AvgIpc) is 2.55. The molecule has 0 saturated heterocycles. The number of nitro groups is 1. The maximum Gasteiger partial charge on any atom is 0.384 e. The van der Waals surface area contributed by atoms with Gasteiger partial charge in [-0.15, -0.1) is 0 Å². The Labute approximate surface area is 138 Å². The van der Waals surface area contributed by atoms with Crippen LogP contribution in [-0.4, -0.2) is 13.3 Å². The van der Waals surface area contributed by atoms with E-state index in [9.17, 15) is 18.5 Å². The van der Waals surface area contributed by atoms with Crippen molar-refractivity contribution in [1.82, 2.24) is 0 Å². The van der Waals surface area contributed by atoms with E-state index >= 15 is 0 Å². The van der Waals surface area contributed by atoms with Gasteiger partial charge in [0.05, 0.1) is 0 Å². The molecule has 0 fully saturated rings. The first-order valence-electron chi connectivity index (χ1n) is 7.08. The van der Waals surface area contributed by atoms with E-state index in [2.05, 4.69) is 0 Å². The van der Waals surface area contributed by atoms with Crippen molar-refractivity contribution in [3.8, 4) is 5.75 Å². The van der Waals surface area contributed by atoms with Gasteiger partial charge in [-0.2, -0.15) is 8.42 Å². The molecule has 0 amide bonds. The Morgan fingerprint density at radius 2 is 1.50 bits per heavy atom. The van der Waals surface area contributed by atoms with Crippen molar-refractivity contribution in [1.29, 1.82) is 0 Å². The lowest BCUT2D eigenvalue weighted by Gasteiger charge is -2.13. The monoisotopic (exact) mass is 343 g/mol. The Morgan fingerprint density at radius 3 is 2.21 bits per heavy atom. The second-order valence-corrected chi connectivity index (χ2v) is 6.70. The molecule has 3 aromatic carbocycles. The minimum Gasteiger partial charge on any atom is -0.377 e. The Kier molecular flexibility index (Phi) is 4.18. The van der Waals surface area contributed by atoms with Crippen LogP contribution in [0.25, 0.3) is 10.8 Å². The molecule has 7 heteroatoms. The number of nitrogens with zero attached hydrogens (tertiary/aromatic N) is 1. The van der Waals surface area contributed by atoms with Gasteiger partial charge in [-0.3, -0.25) is 10.1 Å². The number of rotatable bonds is 5. The second-order valence-electron chi connectivity index (χ2n) is 5.10. The molecule has 24 heavy (non-hydrogen) atoms. The minimum atomic E-state index is -4.52. The first-order valence-corrected chi connectivity index (χ1v) is 8.56. The second kappa shape index (κ2) is 6.29. The number of fused-ring (bicyclic) bond motifs is 1. The van der Waals surface area contributed by atoms with Crippen LogP contribution < -0.4 is 4.18 Å². The van der Waals surface area contributed by atoms with Crippen molar-refractivity contribution in [3.63, 3.8) is 0 Å². The van der Waals surface area contributed by atoms with Crippen molar-refractivity contribution >= 4 is 20.9 Å². The molecular formula is C17H13NO5S. The molecule has 0 heterocycles. The fourth-order valence-electron chi connectivity index (χ4n) is 2.45. The fraction of sp³-hybridized carbons (Fsp3) is 0.0588. The largest absolute Gasteiger partial charge is 0.384 e. The molecule has 0 aliphatic carbocycles. The Hall–Kier alpha value is -2.93. The fourth-order valence-corrected chi connectivity index (χ4v) is 3.64. The Bertz CT molecular complexity index is 981. The van der Waals surface area contributed by atoms with Crippen LogP contribution in [0.1, 0.15) is 10.9 Å². The van der Waals surface area contributed by atoms with Gasteiger partial charge in [-0.25, -0.2) is 0 Å². The highest BCUT2D eigenvalue weighted by atomic mass is 32.2.